The molecule has 22 heavy (non-hydrogen) atoms. The van der Waals surface area contributed by atoms with Crippen molar-refractivity contribution in [2.24, 2.45) is 0 Å². The molecule has 5 atom stereocenters. The molecular formula is C15H21NO6. The fourth-order valence-corrected chi connectivity index (χ4v) is 2.39. The maximum atomic E-state index is 11.3. The van der Waals surface area contributed by atoms with Gasteiger partial charge in [0.1, 0.15) is 30.1 Å². The van der Waals surface area contributed by atoms with Crippen LogP contribution in [0.5, 0.6) is 5.75 Å². The Morgan fingerprint density at radius 2 is 2.09 bits per heavy atom. The highest BCUT2D eigenvalue weighted by Crippen LogP contribution is 2.24. The second-order valence-electron chi connectivity index (χ2n) is 5.37. The molecule has 4 N–H and O–H groups in total. The third-order valence-electron chi connectivity index (χ3n) is 3.49. The number of carbonyl (C=O) groups excluding carboxylic acids is 1. The first kappa shape index (κ1) is 16.7. The smallest absolute Gasteiger partial charge is 0.223 e. The Bertz CT molecular complexity index is 523. The molecule has 0 aromatic heterocycles. The van der Waals surface area contributed by atoms with E-state index in [9.17, 15) is 20.1 Å². The van der Waals surface area contributed by atoms with Gasteiger partial charge in [-0.05, 0) is 24.6 Å². The Balaban J connectivity index is 2.21. The summed E-state index contributed by atoms with van der Waals surface area (Å²) in [5.74, 6) is 0.112. The van der Waals surface area contributed by atoms with Crippen LogP contribution in [0.3, 0.4) is 0 Å². The number of nitrogens with one attached hydrogen (secondary N) is 1. The third-order valence-corrected chi connectivity index (χ3v) is 3.49. The first-order chi connectivity index (χ1) is 10.4. The maximum absolute atomic E-state index is 11.3. The van der Waals surface area contributed by atoms with Gasteiger partial charge >= 0.3 is 0 Å². The second kappa shape index (κ2) is 7.06. The van der Waals surface area contributed by atoms with E-state index >= 15 is 0 Å². The molecule has 0 bridgehead atoms. The molecule has 122 valence electrons. The van der Waals surface area contributed by atoms with Gasteiger partial charge < -0.3 is 30.1 Å². The minimum absolute atomic E-state index is 0.389. The average Bonchev–Trinajstić information content (AvgIpc) is 2.46. The molecule has 1 aromatic rings. The molecule has 1 aliphatic heterocycles. The molecule has 7 nitrogen and oxygen atoms in total. The zero-order valence-corrected chi connectivity index (χ0v) is 12.5. The van der Waals surface area contributed by atoms with Gasteiger partial charge in [0.2, 0.25) is 12.2 Å². The summed E-state index contributed by atoms with van der Waals surface area (Å²) in [4.78, 5) is 11.3. The summed E-state index contributed by atoms with van der Waals surface area (Å²) in [6.45, 7) is 2.72. The summed E-state index contributed by atoms with van der Waals surface area (Å²) in [6, 6.07) is 6.24. The molecule has 0 saturated carbocycles. The molecule has 0 radical (unpaired) electrons. The van der Waals surface area contributed by atoms with E-state index in [1.807, 2.05) is 13.0 Å². The Labute approximate surface area is 128 Å². The number of carbonyl (C=O) groups is 1. The SMILES string of the molecule is CC(=O)N[C@@H]1[C@H](Oc2cccc(C)c2)O[C@H](CO)[C@@H](O)[C@@H]1O. The van der Waals surface area contributed by atoms with Crippen LogP contribution in [0.4, 0.5) is 0 Å². The van der Waals surface area contributed by atoms with Crippen molar-refractivity contribution in [1.29, 1.82) is 0 Å². The fraction of sp³-hybridized carbons (Fsp3) is 0.533. The zero-order chi connectivity index (χ0) is 16.3. The number of rotatable bonds is 4. The zero-order valence-electron chi connectivity index (χ0n) is 12.5. The van der Waals surface area contributed by atoms with Crippen LogP contribution in [-0.4, -0.2) is 58.5 Å². The summed E-state index contributed by atoms with van der Waals surface area (Å²) < 4.78 is 11.2. The van der Waals surface area contributed by atoms with Crippen molar-refractivity contribution in [3.8, 4) is 5.75 Å². The van der Waals surface area contributed by atoms with E-state index in [2.05, 4.69) is 5.32 Å². The Morgan fingerprint density at radius 3 is 2.68 bits per heavy atom. The number of hydrogen-bond donors (Lipinski definition) is 4. The van der Waals surface area contributed by atoms with E-state index < -0.39 is 37.3 Å². The molecule has 0 spiro atoms. The summed E-state index contributed by atoms with van der Waals surface area (Å²) in [5.41, 5.74) is 0.976. The van der Waals surface area contributed by atoms with Crippen LogP contribution < -0.4 is 10.1 Å². The van der Waals surface area contributed by atoms with E-state index in [4.69, 9.17) is 9.47 Å². The molecular weight excluding hydrogens is 290 g/mol. The Kier molecular flexibility index (Phi) is 5.36. The lowest BCUT2D eigenvalue weighted by Gasteiger charge is -2.42. The van der Waals surface area contributed by atoms with Gasteiger partial charge in [-0.15, -0.1) is 0 Å². The molecule has 1 saturated heterocycles. The molecule has 1 fully saturated rings. The van der Waals surface area contributed by atoms with Crippen molar-refractivity contribution in [3.05, 3.63) is 29.8 Å². The molecule has 1 amide bonds. The first-order valence-corrected chi connectivity index (χ1v) is 7.05. The van der Waals surface area contributed by atoms with Crippen LogP contribution in [0.25, 0.3) is 0 Å². The topological polar surface area (TPSA) is 108 Å². The fourth-order valence-electron chi connectivity index (χ4n) is 2.39. The van der Waals surface area contributed by atoms with Gasteiger partial charge in [0.25, 0.3) is 0 Å². The van der Waals surface area contributed by atoms with E-state index in [1.54, 1.807) is 18.2 Å². The number of hydrogen-bond acceptors (Lipinski definition) is 6. The normalized spacial score (nSPS) is 31.6. The van der Waals surface area contributed by atoms with Gasteiger partial charge in [0.05, 0.1) is 6.61 Å². The number of aryl methyl sites for hydroxylation is 1. The lowest BCUT2D eigenvalue weighted by molar-refractivity contribution is -0.244. The monoisotopic (exact) mass is 311 g/mol. The second-order valence-corrected chi connectivity index (χ2v) is 5.37. The first-order valence-electron chi connectivity index (χ1n) is 7.05. The van der Waals surface area contributed by atoms with Crippen LogP contribution in [0.15, 0.2) is 24.3 Å². The predicted molar refractivity (Wildman–Crippen MR) is 77.2 cm³/mol. The molecule has 7 heteroatoms. The van der Waals surface area contributed by atoms with Crippen molar-refractivity contribution in [3.63, 3.8) is 0 Å². The quantitative estimate of drug-likeness (QED) is 0.587. The lowest BCUT2D eigenvalue weighted by atomic mass is 9.97. The standard InChI is InChI=1S/C15H21NO6/c1-8-4-3-5-10(6-8)21-15-12(16-9(2)18)14(20)13(19)11(7-17)22-15/h3-6,11-15,17,19-20H,7H2,1-2H3,(H,16,18)/t11-,12+,13-,14-,15-/m1/s1. The molecule has 1 heterocycles. The molecule has 0 aliphatic carbocycles. The number of benzene rings is 1. The van der Waals surface area contributed by atoms with E-state index in [0.717, 1.165) is 5.56 Å². The highest BCUT2D eigenvalue weighted by molar-refractivity contribution is 5.73. The highest BCUT2D eigenvalue weighted by atomic mass is 16.7. The number of ether oxygens (including phenoxy) is 2. The van der Waals surface area contributed by atoms with Crippen LogP contribution >= 0.6 is 0 Å². The van der Waals surface area contributed by atoms with Gasteiger partial charge in [0, 0.05) is 6.92 Å². The Hall–Kier alpha value is -1.67. The van der Waals surface area contributed by atoms with Crippen molar-refractivity contribution in [2.45, 2.75) is 44.5 Å². The van der Waals surface area contributed by atoms with Crippen molar-refractivity contribution >= 4 is 5.91 Å². The molecule has 1 aromatic carbocycles. The van der Waals surface area contributed by atoms with Crippen molar-refractivity contribution in [2.75, 3.05) is 6.61 Å². The van der Waals surface area contributed by atoms with Crippen LogP contribution in [0, 0.1) is 6.92 Å². The maximum Gasteiger partial charge on any atom is 0.223 e. The number of aliphatic hydroxyl groups excluding tert-OH is 3. The van der Waals surface area contributed by atoms with E-state index in [-0.39, 0.29) is 5.91 Å². The molecule has 1 aliphatic rings. The van der Waals surface area contributed by atoms with Crippen LogP contribution in [-0.2, 0) is 9.53 Å². The molecule has 0 unspecified atom stereocenters. The molecule has 2 rings (SSSR count). The minimum Gasteiger partial charge on any atom is -0.463 e. The number of aliphatic hydroxyl groups is 3. The Morgan fingerprint density at radius 1 is 1.36 bits per heavy atom. The van der Waals surface area contributed by atoms with Gasteiger partial charge in [-0.3, -0.25) is 4.79 Å². The summed E-state index contributed by atoms with van der Waals surface area (Å²) in [7, 11) is 0. The summed E-state index contributed by atoms with van der Waals surface area (Å²) >= 11 is 0. The van der Waals surface area contributed by atoms with Crippen LogP contribution in [0.1, 0.15) is 12.5 Å². The van der Waals surface area contributed by atoms with E-state index in [0.29, 0.717) is 5.75 Å². The largest absolute Gasteiger partial charge is 0.463 e. The van der Waals surface area contributed by atoms with Crippen LogP contribution in [0.2, 0.25) is 0 Å². The minimum atomic E-state index is -1.32. The van der Waals surface area contributed by atoms with E-state index in [1.165, 1.54) is 6.92 Å². The van der Waals surface area contributed by atoms with Gasteiger partial charge in [-0.1, -0.05) is 12.1 Å². The lowest BCUT2D eigenvalue weighted by Crippen LogP contribution is -2.65. The van der Waals surface area contributed by atoms with Crippen molar-refractivity contribution < 1.29 is 29.6 Å². The highest BCUT2D eigenvalue weighted by Gasteiger charge is 2.46. The summed E-state index contributed by atoms with van der Waals surface area (Å²) in [5, 5.41) is 31.8. The average molecular weight is 311 g/mol. The van der Waals surface area contributed by atoms with Crippen molar-refractivity contribution in [1.82, 2.24) is 5.32 Å². The van der Waals surface area contributed by atoms with Gasteiger partial charge in [-0.2, -0.15) is 0 Å². The predicted octanol–water partition coefficient (Wildman–Crippen LogP) is -0.682. The third kappa shape index (κ3) is 3.75. The van der Waals surface area contributed by atoms with Gasteiger partial charge in [0.15, 0.2) is 0 Å². The summed E-state index contributed by atoms with van der Waals surface area (Å²) in [6.07, 6.45) is -4.65. The number of amides is 1. The van der Waals surface area contributed by atoms with Gasteiger partial charge in [-0.25, -0.2) is 0 Å².